The minimum atomic E-state index is -0.512. The van der Waals surface area contributed by atoms with Crippen LogP contribution in [0.1, 0.15) is 22.7 Å². The molecule has 6 heteroatoms. The Hall–Kier alpha value is -3.02. The Balaban J connectivity index is 1.85. The Morgan fingerprint density at radius 1 is 1.17 bits per heavy atom. The third kappa shape index (κ3) is 3.65. The zero-order valence-corrected chi connectivity index (χ0v) is 13.7. The monoisotopic (exact) mass is 321 g/mol. The van der Waals surface area contributed by atoms with Gasteiger partial charge in [-0.15, -0.1) is 5.10 Å². The van der Waals surface area contributed by atoms with Gasteiger partial charge in [-0.2, -0.15) is 0 Å². The van der Waals surface area contributed by atoms with E-state index in [-0.39, 0.29) is 5.91 Å². The molecule has 1 atom stereocenters. The third-order valence-corrected chi connectivity index (χ3v) is 3.91. The van der Waals surface area contributed by atoms with Crippen molar-refractivity contribution in [3.8, 4) is 0 Å². The summed E-state index contributed by atoms with van der Waals surface area (Å²) in [6.07, 6.45) is 1.98. The van der Waals surface area contributed by atoms with E-state index in [9.17, 15) is 4.79 Å². The molecule has 0 aliphatic rings. The maximum Gasteiger partial charge on any atom is 0.249 e. The van der Waals surface area contributed by atoms with E-state index >= 15 is 0 Å². The second kappa shape index (κ2) is 7.04. The van der Waals surface area contributed by atoms with Gasteiger partial charge >= 0.3 is 0 Å². The lowest BCUT2D eigenvalue weighted by Gasteiger charge is -2.17. The van der Waals surface area contributed by atoms with Gasteiger partial charge in [0, 0.05) is 12.1 Å². The molecule has 24 heavy (non-hydrogen) atoms. The molecule has 1 amide bonds. The molecule has 6 nitrogen and oxygen atoms in total. The summed E-state index contributed by atoms with van der Waals surface area (Å²) in [7, 11) is 0. The van der Waals surface area contributed by atoms with Crippen LogP contribution in [0.3, 0.4) is 0 Å². The first-order valence-corrected chi connectivity index (χ1v) is 7.78. The zero-order valence-electron chi connectivity index (χ0n) is 13.7. The fourth-order valence-electron chi connectivity index (χ4n) is 2.54. The highest BCUT2D eigenvalue weighted by Gasteiger charge is 2.23. The number of rotatable bonds is 5. The van der Waals surface area contributed by atoms with Crippen LogP contribution in [0, 0.1) is 13.8 Å². The van der Waals surface area contributed by atoms with Crippen molar-refractivity contribution in [1.29, 1.82) is 0 Å². The zero-order chi connectivity index (χ0) is 16.9. The molecule has 0 aliphatic heterocycles. The summed E-state index contributed by atoms with van der Waals surface area (Å²) < 4.78 is 1.49. The lowest BCUT2D eigenvalue weighted by atomic mass is 10.0. The van der Waals surface area contributed by atoms with Gasteiger partial charge in [0.1, 0.15) is 12.4 Å². The predicted octanol–water partition coefficient (Wildman–Crippen LogP) is 2.71. The van der Waals surface area contributed by atoms with Crippen LogP contribution in [-0.2, 0) is 11.2 Å². The van der Waals surface area contributed by atoms with Crippen molar-refractivity contribution in [2.24, 2.45) is 0 Å². The van der Waals surface area contributed by atoms with Crippen LogP contribution < -0.4 is 5.32 Å². The van der Waals surface area contributed by atoms with E-state index in [0.29, 0.717) is 6.42 Å². The minimum Gasteiger partial charge on any atom is -0.324 e. The van der Waals surface area contributed by atoms with Crippen LogP contribution in [0.5, 0.6) is 0 Å². The van der Waals surface area contributed by atoms with Crippen LogP contribution in [0.25, 0.3) is 0 Å². The van der Waals surface area contributed by atoms with Crippen molar-refractivity contribution in [2.45, 2.75) is 26.3 Å². The average Bonchev–Trinajstić information content (AvgIpc) is 3.11. The second-order valence-electron chi connectivity index (χ2n) is 5.80. The number of benzene rings is 2. The fraction of sp³-hybridized carbons (Fsp3) is 0.222. The molecule has 122 valence electrons. The molecule has 0 saturated heterocycles. The van der Waals surface area contributed by atoms with Gasteiger partial charge in [0.2, 0.25) is 5.91 Å². The van der Waals surface area contributed by atoms with E-state index in [4.69, 9.17) is 0 Å². The van der Waals surface area contributed by atoms with Crippen molar-refractivity contribution in [3.63, 3.8) is 0 Å². The van der Waals surface area contributed by atoms with Crippen molar-refractivity contribution in [1.82, 2.24) is 20.2 Å². The summed E-state index contributed by atoms with van der Waals surface area (Å²) in [5, 5.41) is 14.2. The van der Waals surface area contributed by atoms with Gasteiger partial charge in [-0.25, -0.2) is 4.68 Å². The Morgan fingerprint density at radius 3 is 2.67 bits per heavy atom. The normalized spacial score (nSPS) is 11.9. The average molecular weight is 321 g/mol. The van der Waals surface area contributed by atoms with Gasteiger partial charge in [-0.05, 0) is 47.0 Å². The molecule has 0 radical (unpaired) electrons. The Labute approximate surface area is 140 Å². The summed E-state index contributed by atoms with van der Waals surface area (Å²) >= 11 is 0. The van der Waals surface area contributed by atoms with Gasteiger partial charge in [-0.1, -0.05) is 42.5 Å². The van der Waals surface area contributed by atoms with Crippen LogP contribution in [-0.4, -0.2) is 26.1 Å². The van der Waals surface area contributed by atoms with Crippen LogP contribution in [0.4, 0.5) is 5.69 Å². The van der Waals surface area contributed by atoms with Gasteiger partial charge in [-0.3, -0.25) is 4.79 Å². The first kappa shape index (κ1) is 15.9. The standard InChI is InChI=1S/C18H19N5O/c1-13-8-9-14(2)16(10-13)20-18(24)17(23-12-19-21-22-23)11-15-6-4-3-5-7-15/h3-10,12,17H,11H2,1-2H3,(H,20,24)/t17-/m0/s1. The van der Waals surface area contributed by atoms with E-state index < -0.39 is 6.04 Å². The lowest BCUT2D eigenvalue weighted by Crippen LogP contribution is -2.28. The molecule has 0 unspecified atom stereocenters. The maximum atomic E-state index is 12.9. The first-order valence-electron chi connectivity index (χ1n) is 7.78. The topological polar surface area (TPSA) is 72.7 Å². The maximum absolute atomic E-state index is 12.9. The highest BCUT2D eigenvalue weighted by atomic mass is 16.2. The van der Waals surface area contributed by atoms with Gasteiger partial charge in [0.25, 0.3) is 0 Å². The minimum absolute atomic E-state index is 0.139. The molecular weight excluding hydrogens is 302 g/mol. The van der Waals surface area contributed by atoms with E-state index in [1.165, 1.54) is 11.0 Å². The highest BCUT2D eigenvalue weighted by molar-refractivity contribution is 5.94. The van der Waals surface area contributed by atoms with E-state index in [0.717, 1.165) is 22.4 Å². The number of tetrazole rings is 1. The summed E-state index contributed by atoms with van der Waals surface area (Å²) in [4.78, 5) is 12.9. The van der Waals surface area contributed by atoms with E-state index in [1.54, 1.807) is 0 Å². The quantitative estimate of drug-likeness (QED) is 0.784. The molecule has 1 aromatic heterocycles. The Morgan fingerprint density at radius 2 is 1.96 bits per heavy atom. The smallest absolute Gasteiger partial charge is 0.249 e. The number of carbonyl (C=O) groups excluding carboxylic acids is 1. The van der Waals surface area contributed by atoms with Crippen LogP contribution in [0.2, 0.25) is 0 Å². The number of nitrogens with zero attached hydrogens (tertiary/aromatic N) is 4. The Kier molecular flexibility index (Phi) is 4.65. The molecule has 2 aromatic carbocycles. The molecule has 1 heterocycles. The molecule has 0 spiro atoms. The predicted molar refractivity (Wildman–Crippen MR) is 91.5 cm³/mol. The number of amides is 1. The number of nitrogens with one attached hydrogen (secondary N) is 1. The van der Waals surface area contributed by atoms with Gasteiger partial charge < -0.3 is 5.32 Å². The molecule has 0 saturated carbocycles. The number of carbonyl (C=O) groups is 1. The molecular formula is C18H19N5O. The molecule has 0 aliphatic carbocycles. The largest absolute Gasteiger partial charge is 0.324 e. The highest BCUT2D eigenvalue weighted by Crippen LogP contribution is 2.20. The molecule has 1 N–H and O–H groups in total. The SMILES string of the molecule is Cc1ccc(C)c(NC(=O)[C@H](Cc2ccccc2)n2cnnn2)c1. The molecule has 3 rings (SSSR count). The van der Waals surface area contributed by atoms with Crippen molar-refractivity contribution >= 4 is 11.6 Å². The van der Waals surface area contributed by atoms with Crippen LogP contribution in [0.15, 0.2) is 54.9 Å². The summed E-state index contributed by atoms with van der Waals surface area (Å²) in [5.41, 5.74) is 3.97. The van der Waals surface area contributed by atoms with Gasteiger partial charge in [0.15, 0.2) is 0 Å². The Bertz CT molecular complexity index is 815. The van der Waals surface area contributed by atoms with E-state index in [1.807, 2.05) is 62.4 Å². The van der Waals surface area contributed by atoms with Crippen LogP contribution >= 0.6 is 0 Å². The lowest BCUT2D eigenvalue weighted by molar-refractivity contribution is -0.119. The number of aryl methyl sites for hydroxylation is 2. The summed E-state index contributed by atoms with van der Waals surface area (Å²) in [6, 6.07) is 15.3. The van der Waals surface area contributed by atoms with Gasteiger partial charge in [0.05, 0.1) is 0 Å². The summed E-state index contributed by atoms with van der Waals surface area (Å²) in [6.45, 7) is 3.97. The first-order chi connectivity index (χ1) is 11.6. The summed E-state index contributed by atoms with van der Waals surface area (Å²) in [5.74, 6) is -0.139. The number of aromatic nitrogens is 4. The molecule has 0 bridgehead atoms. The molecule has 0 fully saturated rings. The van der Waals surface area contributed by atoms with Crippen molar-refractivity contribution in [3.05, 3.63) is 71.5 Å². The van der Waals surface area contributed by atoms with E-state index in [2.05, 4.69) is 20.8 Å². The fourth-order valence-corrected chi connectivity index (χ4v) is 2.54. The van der Waals surface area contributed by atoms with Crippen molar-refractivity contribution in [2.75, 3.05) is 5.32 Å². The molecule has 3 aromatic rings. The second-order valence-corrected chi connectivity index (χ2v) is 5.80. The number of anilines is 1. The third-order valence-electron chi connectivity index (χ3n) is 3.91. The number of hydrogen-bond donors (Lipinski definition) is 1. The number of hydrogen-bond acceptors (Lipinski definition) is 4. The van der Waals surface area contributed by atoms with Crippen molar-refractivity contribution < 1.29 is 4.79 Å².